The molecule has 0 aliphatic heterocycles. The standard InChI is InChI=1S/C15H16ClNO2S/c16-12-4-1-3-11(9-12)6-7-15(19)17-10-13(18)14-5-2-8-20-14/h1-5,8-9,13,18H,6-7,10H2,(H,17,19)/t13-/m1/s1. The lowest BCUT2D eigenvalue weighted by atomic mass is 10.1. The molecule has 106 valence electrons. The van der Waals surface area contributed by atoms with Gasteiger partial charge in [-0.1, -0.05) is 29.8 Å². The predicted octanol–water partition coefficient (Wildman–Crippen LogP) is 3.18. The third-order valence-electron chi connectivity index (χ3n) is 2.89. The van der Waals surface area contributed by atoms with Crippen molar-refractivity contribution in [1.29, 1.82) is 0 Å². The summed E-state index contributed by atoms with van der Waals surface area (Å²) in [5, 5.41) is 15.2. The van der Waals surface area contributed by atoms with Crippen molar-refractivity contribution in [3.8, 4) is 0 Å². The highest BCUT2D eigenvalue weighted by Gasteiger charge is 2.10. The largest absolute Gasteiger partial charge is 0.386 e. The lowest BCUT2D eigenvalue weighted by Gasteiger charge is -2.10. The van der Waals surface area contributed by atoms with Gasteiger partial charge < -0.3 is 10.4 Å². The number of rotatable bonds is 6. The second-order valence-electron chi connectivity index (χ2n) is 4.47. The molecular weight excluding hydrogens is 294 g/mol. The highest BCUT2D eigenvalue weighted by molar-refractivity contribution is 7.10. The molecule has 1 aromatic carbocycles. The fraction of sp³-hybridized carbons (Fsp3) is 0.267. The van der Waals surface area contributed by atoms with Crippen LogP contribution in [0, 0.1) is 0 Å². The van der Waals surface area contributed by atoms with Gasteiger partial charge in [0.1, 0.15) is 6.10 Å². The van der Waals surface area contributed by atoms with Crippen LogP contribution < -0.4 is 5.32 Å². The van der Waals surface area contributed by atoms with Crippen LogP contribution in [0.15, 0.2) is 41.8 Å². The molecule has 3 nitrogen and oxygen atoms in total. The highest BCUT2D eigenvalue weighted by Crippen LogP contribution is 2.17. The fourth-order valence-electron chi connectivity index (χ4n) is 1.83. The van der Waals surface area contributed by atoms with Crippen molar-refractivity contribution in [1.82, 2.24) is 5.32 Å². The number of nitrogens with one attached hydrogen (secondary N) is 1. The number of carbonyl (C=O) groups excluding carboxylic acids is 1. The Hall–Kier alpha value is -1.36. The van der Waals surface area contributed by atoms with Crippen molar-refractivity contribution in [2.45, 2.75) is 18.9 Å². The van der Waals surface area contributed by atoms with E-state index in [0.29, 0.717) is 17.9 Å². The van der Waals surface area contributed by atoms with Gasteiger partial charge in [-0.05, 0) is 35.6 Å². The molecule has 0 radical (unpaired) electrons. The monoisotopic (exact) mass is 309 g/mol. The Morgan fingerprint density at radius 2 is 2.20 bits per heavy atom. The minimum absolute atomic E-state index is 0.0689. The van der Waals surface area contributed by atoms with Gasteiger partial charge in [0.2, 0.25) is 5.91 Å². The first-order valence-electron chi connectivity index (χ1n) is 6.38. The topological polar surface area (TPSA) is 49.3 Å². The predicted molar refractivity (Wildman–Crippen MR) is 82.1 cm³/mol. The Morgan fingerprint density at radius 3 is 2.90 bits per heavy atom. The molecular formula is C15H16ClNO2S. The van der Waals surface area contributed by atoms with Gasteiger partial charge in [0.15, 0.2) is 0 Å². The molecule has 0 aliphatic rings. The maximum Gasteiger partial charge on any atom is 0.220 e. The van der Waals surface area contributed by atoms with Gasteiger partial charge in [-0.2, -0.15) is 0 Å². The maximum absolute atomic E-state index is 11.7. The third-order valence-corrected chi connectivity index (χ3v) is 4.10. The van der Waals surface area contributed by atoms with Crippen molar-refractivity contribution in [2.75, 3.05) is 6.54 Å². The molecule has 2 rings (SSSR count). The summed E-state index contributed by atoms with van der Waals surface area (Å²) >= 11 is 7.37. The lowest BCUT2D eigenvalue weighted by Crippen LogP contribution is -2.28. The Balaban J connectivity index is 1.73. The van der Waals surface area contributed by atoms with Gasteiger partial charge in [0.05, 0.1) is 0 Å². The summed E-state index contributed by atoms with van der Waals surface area (Å²) in [6.07, 6.45) is 0.393. The van der Waals surface area contributed by atoms with Gasteiger partial charge in [0, 0.05) is 22.9 Å². The summed E-state index contributed by atoms with van der Waals surface area (Å²) in [7, 11) is 0. The molecule has 0 saturated carbocycles. The van der Waals surface area contributed by atoms with Gasteiger partial charge in [-0.25, -0.2) is 0 Å². The van der Waals surface area contributed by atoms with Crippen LogP contribution in [0.2, 0.25) is 5.02 Å². The molecule has 1 aromatic heterocycles. The van der Waals surface area contributed by atoms with Gasteiger partial charge in [-0.3, -0.25) is 4.79 Å². The smallest absolute Gasteiger partial charge is 0.220 e. The second-order valence-corrected chi connectivity index (χ2v) is 5.88. The molecule has 5 heteroatoms. The molecule has 0 unspecified atom stereocenters. The summed E-state index contributed by atoms with van der Waals surface area (Å²) in [5.74, 6) is -0.0689. The summed E-state index contributed by atoms with van der Waals surface area (Å²) in [4.78, 5) is 12.6. The van der Waals surface area contributed by atoms with Crippen LogP contribution in [0.25, 0.3) is 0 Å². The molecule has 0 spiro atoms. The van der Waals surface area contributed by atoms with E-state index in [-0.39, 0.29) is 12.5 Å². The van der Waals surface area contributed by atoms with E-state index in [0.717, 1.165) is 10.4 Å². The first-order valence-corrected chi connectivity index (χ1v) is 7.63. The van der Waals surface area contributed by atoms with Crippen molar-refractivity contribution in [3.05, 3.63) is 57.2 Å². The average molecular weight is 310 g/mol. The van der Waals surface area contributed by atoms with Crippen LogP contribution in [0.1, 0.15) is 23.0 Å². The van der Waals surface area contributed by atoms with Crippen molar-refractivity contribution < 1.29 is 9.90 Å². The highest BCUT2D eigenvalue weighted by atomic mass is 35.5. The number of carbonyl (C=O) groups is 1. The Labute approximate surface area is 127 Å². The normalized spacial score (nSPS) is 12.1. The zero-order valence-electron chi connectivity index (χ0n) is 10.9. The summed E-state index contributed by atoms with van der Waals surface area (Å²) in [6, 6.07) is 11.2. The van der Waals surface area contributed by atoms with E-state index < -0.39 is 6.10 Å². The summed E-state index contributed by atoms with van der Waals surface area (Å²) in [5.41, 5.74) is 1.03. The zero-order chi connectivity index (χ0) is 14.4. The number of aliphatic hydroxyl groups excluding tert-OH is 1. The van der Waals surface area contributed by atoms with E-state index in [1.165, 1.54) is 11.3 Å². The molecule has 2 aromatic rings. The first-order chi connectivity index (χ1) is 9.65. The quantitative estimate of drug-likeness (QED) is 0.861. The Bertz CT molecular complexity index is 557. The van der Waals surface area contributed by atoms with Crippen LogP contribution >= 0.6 is 22.9 Å². The average Bonchev–Trinajstić information content (AvgIpc) is 2.97. The van der Waals surface area contributed by atoms with Gasteiger partial charge in [-0.15, -0.1) is 11.3 Å². The van der Waals surface area contributed by atoms with Crippen LogP contribution in [-0.4, -0.2) is 17.6 Å². The number of aryl methyl sites for hydroxylation is 1. The lowest BCUT2D eigenvalue weighted by molar-refractivity contribution is -0.121. The fourth-order valence-corrected chi connectivity index (χ4v) is 2.76. The minimum atomic E-state index is -0.634. The van der Waals surface area contributed by atoms with Crippen LogP contribution in [0.3, 0.4) is 0 Å². The molecule has 1 atom stereocenters. The Morgan fingerprint density at radius 1 is 1.35 bits per heavy atom. The number of amides is 1. The Kier molecular flexibility index (Phi) is 5.59. The van der Waals surface area contributed by atoms with Crippen molar-refractivity contribution >= 4 is 28.8 Å². The number of halogens is 1. The van der Waals surface area contributed by atoms with Crippen LogP contribution in [-0.2, 0) is 11.2 Å². The van der Waals surface area contributed by atoms with Crippen LogP contribution in [0.5, 0.6) is 0 Å². The van der Waals surface area contributed by atoms with E-state index >= 15 is 0 Å². The second kappa shape index (κ2) is 7.43. The number of thiophene rings is 1. The number of benzene rings is 1. The van der Waals surface area contributed by atoms with E-state index in [9.17, 15) is 9.90 Å². The van der Waals surface area contributed by atoms with Crippen molar-refractivity contribution in [3.63, 3.8) is 0 Å². The molecule has 0 bridgehead atoms. The number of aliphatic hydroxyl groups is 1. The third kappa shape index (κ3) is 4.63. The van der Waals surface area contributed by atoms with Crippen molar-refractivity contribution in [2.24, 2.45) is 0 Å². The molecule has 0 fully saturated rings. The molecule has 0 aliphatic carbocycles. The molecule has 1 amide bonds. The van der Waals surface area contributed by atoms with Crippen LogP contribution in [0.4, 0.5) is 0 Å². The number of hydrogen-bond donors (Lipinski definition) is 2. The van der Waals surface area contributed by atoms with E-state index in [1.807, 2.05) is 41.8 Å². The van der Waals surface area contributed by atoms with Gasteiger partial charge >= 0.3 is 0 Å². The zero-order valence-corrected chi connectivity index (χ0v) is 12.5. The van der Waals surface area contributed by atoms with E-state index in [4.69, 9.17) is 11.6 Å². The summed E-state index contributed by atoms with van der Waals surface area (Å²) < 4.78 is 0. The minimum Gasteiger partial charge on any atom is -0.386 e. The first kappa shape index (κ1) is 15.0. The maximum atomic E-state index is 11.7. The van der Waals surface area contributed by atoms with E-state index in [1.54, 1.807) is 0 Å². The van der Waals surface area contributed by atoms with E-state index in [2.05, 4.69) is 5.32 Å². The molecule has 2 N–H and O–H groups in total. The number of hydrogen-bond acceptors (Lipinski definition) is 3. The van der Waals surface area contributed by atoms with Gasteiger partial charge in [0.25, 0.3) is 0 Å². The summed E-state index contributed by atoms with van der Waals surface area (Å²) in [6.45, 7) is 0.245. The molecule has 0 saturated heterocycles. The molecule has 20 heavy (non-hydrogen) atoms. The SMILES string of the molecule is O=C(CCc1cccc(Cl)c1)NC[C@@H](O)c1cccs1. The molecule has 1 heterocycles.